The molecule has 26 heteroatoms. The lowest BCUT2D eigenvalue weighted by Crippen LogP contribution is -2.62. The predicted octanol–water partition coefficient (Wildman–Crippen LogP) is -0.0523. The van der Waals surface area contributed by atoms with Crippen molar-refractivity contribution in [1.29, 1.82) is 0 Å². The summed E-state index contributed by atoms with van der Waals surface area (Å²) in [5.41, 5.74) is 7.86. The Labute approximate surface area is 453 Å². The van der Waals surface area contributed by atoms with Crippen LogP contribution in [0, 0.1) is 17.8 Å². The van der Waals surface area contributed by atoms with Crippen LogP contribution in [0.4, 0.5) is 0 Å². The van der Waals surface area contributed by atoms with Crippen LogP contribution in [0.5, 0.6) is 5.75 Å². The van der Waals surface area contributed by atoms with Crippen LogP contribution >= 0.6 is 21.6 Å². The van der Waals surface area contributed by atoms with Crippen LogP contribution in [0.2, 0.25) is 0 Å². The van der Waals surface area contributed by atoms with Gasteiger partial charge in [-0.25, -0.2) is 4.79 Å². The topological polar surface area (TPSA) is 390 Å². The van der Waals surface area contributed by atoms with Crippen molar-refractivity contribution in [1.82, 2.24) is 47.5 Å². The fraction of sp³-hybridized carbons (Fsp3) is 0.529. The number of para-hydroxylation sites is 1. The zero-order chi connectivity index (χ0) is 57.3. The van der Waals surface area contributed by atoms with Crippen LogP contribution in [0.1, 0.15) is 78.9 Å². The van der Waals surface area contributed by atoms with Crippen molar-refractivity contribution >= 4 is 91.7 Å². The Balaban J connectivity index is 1.79. The molecular formula is C51H72N10O14S2. The number of carbonyl (C=O) groups excluding carboxylic acids is 8. The standard InChI is InChI=1S/C51H72N10O14S2/c1-8-26(6)41-49(72)56-36(19-29-21-53-33-12-10-9-11-31(29)33)44(67)58-38(51(74)75)23-77-76-22-32(52)43(66)61-42(27(7)62)50(73)57-37(20-39(64)65)45(68)54-35(18-28-13-15-30(63)16-14-28)47(70)59-40(25(4)5)48(71)55-34(17-24(2)3)46(69)60-41/h9-16,21,24-27,32,34-38,40-42,53,62-63H,8,17-20,22-23,52H2,1-7H3,(H,54,68)(H,55,71)(H,56,72)(H,57,73)(H,58,67)(H,59,70)(H,60,69)(H,61,66)(H,64,65)(H,74,75)/t26-,27+,32-,34?,35?,36?,37-,38-,40-,41-,42-/m0/s1. The van der Waals surface area contributed by atoms with Gasteiger partial charge in [0.15, 0.2) is 0 Å². The number of carboxylic acids is 2. The summed E-state index contributed by atoms with van der Waals surface area (Å²) in [5.74, 6) is -12.6. The number of phenolic OH excluding ortho intramolecular Hbond substituents is 1. The molecule has 1 fully saturated rings. The van der Waals surface area contributed by atoms with Gasteiger partial charge in [-0.3, -0.25) is 43.2 Å². The quantitative estimate of drug-likeness (QED) is 0.0998. The number of hydrogen-bond acceptors (Lipinski definition) is 15. The predicted molar refractivity (Wildman–Crippen MR) is 287 cm³/mol. The fourth-order valence-electron chi connectivity index (χ4n) is 8.12. The van der Waals surface area contributed by atoms with E-state index in [9.17, 15) is 68.4 Å². The number of phenols is 1. The molecule has 1 aromatic heterocycles. The van der Waals surface area contributed by atoms with Gasteiger partial charge in [0.1, 0.15) is 54.1 Å². The summed E-state index contributed by atoms with van der Waals surface area (Å²) in [4.78, 5) is 141. The van der Waals surface area contributed by atoms with Crippen LogP contribution in [0.3, 0.4) is 0 Å². The molecule has 8 amide bonds. The largest absolute Gasteiger partial charge is 0.508 e. The van der Waals surface area contributed by atoms with Crippen molar-refractivity contribution in [2.75, 3.05) is 11.5 Å². The fourth-order valence-corrected chi connectivity index (χ4v) is 10.4. The van der Waals surface area contributed by atoms with E-state index in [-0.39, 0.29) is 42.4 Å². The molecule has 0 spiro atoms. The number of amides is 8. The third kappa shape index (κ3) is 19.0. The van der Waals surface area contributed by atoms with Crippen molar-refractivity contribution in [3.05, 3.63) is 65.9 Å². The normalized spacial score (nSPS) is 25.5. The van der Waals surface area contributed by atoms with Gasteiger partial charge in [-0.1, -0.05) is 99.9 Å². The Kier molecular flexibility index (Phi) is 24.1. The number of aliphatic hydroxyl groups excluding tert-OH is 1. The van der Waals surface area contributed by atoms with Crippen molar-refractivity contribution in [3.63, 3.8) is 0 Å². The minimum Gasteiger partial charge on any atom is -0.508 e. The highest BCUT2D eigenvalue weighted by Crippen LogP contribution is 2.24. The zero-order valence-corrected chi connectivity index (χ0v) is 45.5. The summed E-state index contributed by atoms with van der Waals surface area (Å²) in [6, 6.07) is -0.895. The molecule has 1 saturated heterocycles. The summed E-state index contributed by atoms with van der Waals surface area (Å²) in [5, 5.41) is 61.7. The van der Waals surface area contributed by atoms with E-state index in [1.54, 1.807) is 65.9 Å². The molecule has 2 heterocycles. The van der Waals surface area contributed by atoms with Crippen molar-refractivity contribution in [2.24, 2.45) is 23.5 Å². The van der Waals surface area contributed by atoms with Gasteiger partial charge in [0.2, 0.25) is 47.3 Å². The molecule has 3 unspecified atom stereocenters. The first-order valence-corrected chi connectivity index (χ1v) is 27.7. The van der Waals surface area contributed by atoms with Gasteiger partial charge in [0.05, 0.1) is 18.6 Å². The highest BCUT2D eigenvalue weighted by atomic mass is 33.1. The van der Waals surface area contributed by atoms with E-state index in [0.717, 1.165) is 39.4 Å². The lowest BCUT2D eigenvalue weighted by atomic mass is 9.95. The Hall–Kier alpha value is -6.90. The zero-order valence-electron chi connectivity index (χ0n) is 43.9. The number of rotatable bonds is 13. The second kappa shape index (κ2) is 29.6. The summed E-state index contributed by atoms with van der Waals surface area (Å²) in [6.45, 7) is 11.4. The molecule has 4 rings (SSSR count). The molecule has 1 aliphatic heterocycles. The van der Waals surface area contributed by atoms with Gasteiger partial charge in [-0.15, -0.1) is 0 Å². The van der Waals surface area contributed by atoms with Gasteiger partial charge in [-0.2, -0.15) is 0 Å². The van der Waals surface area contributed by atoms with Crippen molar-refractivity contribution in [3.8, 4) is 5.75 Å². The van der Waals surface area contributed by atoms with Crippen molar-refractivity contribution in [2.45, 2.75) is 141 Å². The van der Waals surface area contributed by atoms with E-state index in [0.29, 0.717) is 17.5 Å². The van der Waals surface area contributed by atoms with E-state index in [1.807, 2.05) is 6.07 Å². The number of fused-ring (bicyclic) bond motifs is 1. The lowest BCUT2D eigenvalue weighted by Gasteiger charge is -2.31. The number of carboxylic acid groups (broad SMARTS) is 2. The average Bonchev–Trinajstić information content (AvgIpc) is 3.78. The maximum atomic E-state index is 14.5. The first-order chi connectivity index (χ1) is 36.3. The maximum absolute atomic E-state index is 14.5. The summed E-state index contributed by atoms with van der Waals surface area (Å²) < 4.78 is 0. The van der Waals surface area contributed by atoms with Gasteiger partial charge in [-0.05, 0) is 60.4 Å². The first-order valence-electron chi connectivity index (χ1n) is 25.2. The van der Waals surface area contributed by atoms with Gasteiger partial charge in [0.25, 0.3) is 0 Å². The van der Waals surface area contributed by atoms with Crippen LogP contribution in [-0.4, -0.2) is 157 Å². The van der Waals surface area contributed by atoms with Gasteiger partial charge < -0.3 is 73.7 Å². The lowest BCUT2D eigenvalue weighted by molar-refractivity contribution is -0.142. The monoisotopic (exact) mass is 1110 g/mol. The number of nitrogens with two attached hydrogens (primary N) is 1. The smallest absolute Gasteiger partial charge is 0.327 e. The van der Waals surface area contributed by atoms with E-state index >= 15 is 0 Å². The number of aromatic nitrogens is 1. The summed E-state index contributed by atoms with van der Waals surface area (Å²) in [6.07, 6.45) is -1.05. The number of carbonyl (C=O) groups is 10. The molecule has 0 aliphatic carbocycles. The molecule has 77 heavy (non-hydrogen) atoms. The molecule has 24 nitrogen and oxygen atoms in total. The number of aliphatic hydroxyl groups is 1. The molecule has 2 aromatic carbocycles. The van der Waals surface area contributed by atoms with E-state index in [2.05, 4.69) is 47.5 Å². The van der Waals surface area contributed by atoms with E-state index < -0.39 is 138 Å². The number of aliphatic carboxylic acids is 2. The molecule has 15 N–H and O–H groups in total. The molecule has 0 radical (unpaired) electrons. The van der Waals surface area contributed by atoms with Crippen LogP contribution in [0.25, 0.3) is 10.9 Å². The van der Waals surface area contributed by atoms with Gasteiger partial charge >= 0.3 is 11.9 Å². The van der Waals surface area contributed by atoms with Crippen molar-refractivity contribution < 1.29 is 68.4 Å². The molecule has 3 aromatic rings. The van der Waals surface area contributed by atoms with Crippen LogP contribution in [0.15, 0.2) is 54.7 Å². The SMILES string of the molecule is CC[C@H](C)[C@@H]1NC(=O)C(CC(C)C)NC(=O)[C@H](C(C)C)NC(=O)C(Cc2ccc(O)cc2)NC(=O)[C@H](CC(=O)O)NC(=O)[C@H]([C@@H](C)O)NC(=O)[C@@H](N)CSSC[C@@H](C(=O)O)NC(=O)C(Cc2c[nH]c3ccccc23)NC1=O. The number of aromatic hydroxyl groups is 1. The second-order valence-electron chi connectivity index (χ2n) is 19.8. The Morgan fingerprint density at radius 1 is 0.623 bits per heavy atom. The number of H-pyrrole nitrogens is 1. The minimum absolute atomic E-state index is 0.0470. The highest BCUT2D eigenvalue weighted by Gasteiger charge is 2.38. The highest BCUT2D eigenvalue weighted by molar-refractivity contribution is 8.76. The average molecular weight is 1110 g/mol. The Morgan fingerprint density at radius 2 is 1.14 bits per heavy atom. The van der Waals surface area contributed by atoms with Crippen LogP contribution < -0.4 is 48.3 Å². The minimum atomic E-state index is -1.92. The molecule has 422 valence electrons. The third-order valence-corrected chi connectivity index (χ3v) is 15.2. The molecule has 0 saturated carbocycles. The van der Waals surface area contributed by atoms with E-state index in [1.165, 1.54) is 24.3 Å². The maximum Gasteiger partial charge on any atom is 0.327 e. The molecule has 1 aliphatic rings. The first kappa shape index (κ1) is 62.6. The summed E-state index contributed by atoms with van der Waals surface area (Å²) >= 11 is 0. The molecular weight excluding hydrogens is 1040 g/mol. The second-order valence-corrected chi connectivity index (χ2v) is 22.4. The number of aromatic amines is 1. The molecule has 11 atom stereocenters. The summed E-state index contributed by atoms with van der Waals surface area (Å²) in [7, 11) is 1.87. The third-order valence-electron chi connectivity index (χ3n) is 12.7. The Morgan fingerprint density at radius 3 is 1.75 bits per heavy atom. The Bertz CT molecular complexity index is 2580. The number of benzene rings is 2. The van der Waals surface area contributed by atoms with Crippen LogP contribution in [-0.2, 0) is 60.8 Å². The van der Waals surface area contributed by atoms with Gasteiger partial charge in [0, 0.05) is 41.4 Å². The number of hydrogen-bond donors (Lipinski definition) is 14. The molecule has 0 bridgehead atoms. The number of nitrogens with one attached hydrogen (secondary N) is 9. The van der Waals surface area contributed by atoms with E-state index in [4.69, 9.17) is 5.73 Å².